The summed E-state index contributed by atoms with van der Waals surface area (Å²) < 4.78 is 0. The van der Waals surface area contributed by atoms with Gasteiger partial charge in [0.15, 0.2) is 0 Å². The topological polar surface area (TPSA) is 29.1 Å². The van der Waals surface area contributed by atoms with E-state index >= 15 is 0 Å². The Hall–Kier alpha value is -0.530. The molecule has 0 radical (unpaired) electrons. The Kier molecular flexibility index (Phi) is 3.34. The van der Waals surface area contributed by atoms with Crippen molar-refractivity contribution in [3.8, 4) is 0 Å². The van der Waals surface area contributed by atoms with E-state index in [1.165, 1.54) is 6.42 Å². The van der Waals surface area contributed by atoms with E-state index in [-0.39, 0.29) is 11.8 Å². The normalized spacial score (nSPS) is 29.6. The Bertz CT molecular complexity index is 189. The van der Waals surface area contributed by atoms with Gasteiger partial charge in [0.05, 0.1) is 0 Å². The van der Waals surface area contributed by atoms with Crippen LogP contribution in [0.25, 0.3) is 0 Å². The molecule has 3 unspecified atom stereocenters. The van der Waals surface area contributed by atoms with Crippen molar-refractivity contribution in [1.82, 2.24) is 5.32 Å². The van der Waals surface area contributed by atoms with E-state index in [1.807, 2.05) is 6.92 Å². The molecule has 1 saturated carbocycles. The van der Waals surface area contributed by atoms with E-state index in [0.29, 0.717) is 17.9 Å². The number of carbonyl (C=O) groups excluding carboxylic acids is 1. The lowest BCUT2D eigenvalue weighted by Crippen LogP contribution is -2.47. The van der Waals surface area contributed by atoms with E-state index in [0.717, 1.165) is 6.42 Å². The van der Waals surface area contributed by atoms with Crippen LogP contribution in [-0.2, 0) is 4.79 Å². The Labute approximate surface area is 81.1 Å². The minimum absolute atomic E-state index is 0.146. The minimum atomic E-state index is 0.146. The number of rotatable bonds is 3. The molecule has 0 saturated heterocycles. The van der Waals surface area contributed by atoms with Gasteiger partial charge in [-0.1, -0.05) is 27.7 Å². The van der Waals surface area contributed by atoms with Crippen LogP contribution in [0.5, 0.6) is 0 Å². The molecule has 2 heteroatoms. The second-order valence-electron chi connectivity index (χ2n) is 4.70. The van der Waals surface area contributed by atoms with Crippen molar-refractivity contribution in [2.75, 3.05) is 0 Å². The van der Waals surface area contributed by atoms with Crippen molar-refractivity contribution in [2.45, 2.75) is 46.6 Å². The summed E-state index contributed by atoms with van der Waals surface area (Å²) in [6, 6.07) is 0.452. The van der Waals surface area contributed by atoms with Crippen LogP contribution in [0, 0.1) is 17.8 Å². The molecule has 1 fully saturated rings. The van der Waals surface area contributed by atoms with Crippen molar-refractivity contribution >= 4 is 5.91 Å². The predicted molar refractivity (Wildman–Crippen MR) is 54.3 cm³/mol. The summed E-state index contributed by atoms with van der Waals surface area (Å²) in [5.74, 6) is 1.50. The van der Waals surface area contributed by atoms with Crippen molar-refractivity contribution in [3.05, 3.63) is 0 Å². The standard InChI is InChI=1S/C11H21NO/c1-7(2)9(4)11(13)12-10-6-5-8(10)3/h7-10H,5-6H2,1-4H3,(H,12,13). The van der Waals surface area contributed by atoms with Gasteiger partial charge in [-0.3, -0.25) is 4.79 Å². The molecule has 0 aromatic heterocycles. The molecule has 0 heterocycles. The molecule has 0 spiro atoms. The quantitative estimate of drug-likeness (QED) is 0.714. The number of amides is 1. The fourth-order valence-corrected chi connectivity index (χ4v) is 1.50. The van der Waals surface area contributed by atoms with E-state index in [9.17, 15) is 4.79 Å². The highest BCUT2D eigenvalue weighted by Gasteiger charge is 2.29. The monoisotopic (exact) mass is 183 g/mol. The average Bonchev–Trinajstić information content (AvgIpc) is 2.09. The lowest BCUT2D eigenvalue weighted by atomic mass is 9.80. The molecule has 1 aliphatic rings. The van der Waals surface area contributed by atoms with E-state index in [2.05, 4.69) is 26.1 Å². The predicted octanol–water partition coefficient (Wildman–Crippen LogP) is 2.19. The average molecular weight is 183 g/mol. The zero-order valence-corrected chi connectivity index (χ0v) is 9.13. The van der Waals surface area contributed by atoms with Gasteiger partial charge in [-0.25, -0.2) is 0 Å². The highest BCUT2D eigenvalue weighted by Crippen LogP contribution is 2.26. The number of hydrogen-bond donors (Lipinski definition) is 1. The fraction of sp³-hybridized carbons (Fsp3) is 0.909. The Morgan fingerprint density at radius 2 is 1.92 bits per heavy atom. The summed E-state index contributed by atoms with van der Waals surface area (Å²) in [6.45, 7) is 8.39. The highest BCUT2D eigenvalue weighted by atomic mass is 16.1. The lowest BCUT2D eigenvalue weighted by Gasteiger charge is -2.35. The molecule has 0 aliphatic heterocycles. The number of nitrogens with one attached hydrogen (secondary N) is 1. The third-order valence-corrected chi connectivity index (χ3v) is 3.36. The third kappa shape index (κ3) is 2.45. The molecule has 1 N–H and O–H groups in total. The van der Waals surface area contributed by atoms with Gasteiger partial charge in [0.2, 0.25) is 5.91 Å². The number of carbonyl (C=O) groups is 1. The summed E-state index contributed by atoms with van der Waals surface area (Å²) in [5, 5.41) is 3.11. The maximum atomic E-state index is 11.6. The van der Waals surface area contributed by atoms with Crippen molar-refractivity contribution in [1.29, 1.82) is 0 Å². The van der Waals surface area contributed by atoms with E-state index in [4.69, 9.17) is 0 Å². The second kappa shape index (κ2) is 4.12. The molecule has 0 bridgehead atoms. The maximum absolute atomic E-state index is 11.6. The van der Waals surface area contributed by atoms with Crippen molar-refractivity contribution in [2.24, 2.45) is 17.8 Å². The van der Waals surface area contributed by atoms with Crippen LogP contribution in [0.4, 0.5) is 0 Å². The van der Waals surface area contributed by atoms with Gasteiger partial charge in [-0.15, -0.1) is 0 Å². The first-order chi connectivity index (χ1) is 6.02. The second-order valence-corrected chi connectivity index (χ2v) is 4.70. The van der Waals surface area contributed by atoms with Crippen LogP contribution >= 0.6 is 0 Å². The molecule has 0 aromatic carbocycles. The Balaban J connectivity index is 2.32. The van der Waals surface area contributed by atoms with Gasteiger partial charge in [-0.2, -0.15) is 0 Å². The van der Waals surface area contributed by atoms with Gasteiger partial charge >= 0.3 is 0 Å². The highest BCUT2D eigenvalue weighted by molar-refractivity contribution is 5.78. The summed E-state index contributed by atoms with van der Waals surface area (Å²) >= 11 is 0. The van der Waals surface area contributed by atoms with Crippen LogP contribution in [0.2, 0.25) is 0 Å². The first kappa shape index (κ1) is 10.6. The molecule has 13 heavy (non-hydrogen) atoms. The molecule has 3 atom stereocenters. The van der Waals surface area contributed by atoms with Gasteiger partial charge in [-0.05, 0) is 24.7 Å². The summed E-state index contributed by atoms with van der Waals surface area (Å²) in [4.78, 5) is 11.6. The van der Waals surface area contributed by atoms with Gasteiger partial charge in [0, 0.05) is 12.0 Å². The minimum Gasteiger partial charge on any atom is -0.353 e. The molecule has 1 rings (SSSR count). The summed E-state index contributed by atoms with van der Waals surface area (Å²) in [6.07, 6.45) is 2.43. The maximum Gasteiger partial charge on any atom is 0.223 e. The lowest BCUT2D eigenvalue weighted by molar-refractivity contribution is -0.127. The molecular weight excluding hydrogens is 162 g/mol. The zero-order valence-electron chi connectivity index (χ0n) is 9.13. The smallest absolute Gasteiger partial charge is 0.223 e. The molecule has 76 valence electrons. The first-order valence-electron chi connectivity index (χ1n) is 5.32. The molecule has 0 aromatic rings. The summed E-state index contributed by atoms with van der Waals surface area (Å²) in [5.41, 5.74) is 0. The van der Waals surface area contributed by atoms with Crippen LogP contribution in [-0.4, -0.2) is 11.9 Å². The van der Waals surface area contributed by atoms with Crippen molar-refractivity contribution < 1.29 is 4.79 Å². The molecular formula is C11H21NO. The first-order valence-corrected chi connectivity index (χ1v) is 5.32. The summed E-state index contributed by atoms with van der Waals surface area (Å²) in [7, 11) is 0. The van der Waals surface area contributed by atoms with Crippen LogP contribution in [0.3, 0.4) is 0 Å². The fourth-order valence-electron chi connectivity index (χ4n) is 1.50. The van der Waals surface area contributed by atoms with Crippen LogP contribution in [0.15, 0.2) is 0 Å². The van der Waals surface area contributed by atoms with Crippen LogP contribution in [0.1, 0.15) is 40.5 Å². The van der Waals surface area contributed by atoms with E-state index in [1.54, 1.807) is 0 Å². The van der Waals surface area contributed by atoms with Gasteiger partial charge < -0.3 is 5.32 Å². The molecule has 1 amide bonds. The molecule has 1 aliphatic carbocycles. The Morgan fingerprint density at radius 3 is 2.23 bits per heavy atom. The largest absolute Gasteiger partial charge is 0.353 e. The molecule has 2 nitrogen and oxygen atoms in total. The Morgan fingerprint density at radius 1 is 1.31 bits per heavy atom. The van der Waals surface area contributed by atoms with E-state index < -0.39 is 0 Å². The number of hydrogen-bond acceptors (Lipinski definition) is 1. The third-order valence-electron chi connectivity index (χ3n) is 3.36. The zero-order chi connectivity index (χ0) is 10.0. The van der Waals surface area contributed by atoms with Gasteiger partial charge in [0.25, 0.3) is 0 Å². The van der Waals surface area contributed by atoms with Crippen LogP contribution < -0.4 is 5.32 Å². The van der Waals surface area contributed by atoms with Crippen molar-refractivity contribution in [3.63, 3.8) is 0 Å². The SMILES string of the molecule is CC(C)C(C)C(=O)NC1CCC1C. The van der Waals surface area contributed by atoms with Gasteiger partial charge in [0.1, 0.15) is 0 Å².